The van der Waals surface area contributed by atoms with Crippen LogP contribution < -0.4 is 17.0 Å². The molecular weight excluding hydrogens is 456 g/mol. The standard InChI is InChI=1S/C27H30N6O3/c1-3-9-32(10-4-2)26(35)20-12-19-6-5-18(13-23(19)31-24(28)14-20)17-7-8-22-21(11-17)15-30-33(27(22)36)16-25(29)34/h5-8,11-13,15H,3-4,9-10,14,16H2,1-2H3,(H2,28,31)(H2,29,34). The van der Waals surface area contributed by atoms with Crippen LogP contribution in [0.25, 0.3) is 28.0 Å². The van der Waals surface area contributed by atoms with Gasteiger partial charge in [0.15, 0.2) is 0 Å². The lowest BCUT2D eigenvalue weighted by molar-refractivity contribution is -0.127. The molecule has 0 bridgehead atoms. The van der Waals surface area contributed by atoms with E-state index in [1.54, 1.807) is 12.3 Å². The molecule has 2 amide bonds. The molecule has 4 N–H and O–H groups in total. The molecule has 0 aliphatic carbocycles. The van der Waals surface area contributed by atoms with Crippen molar-refractivity contribution in [2.24, 2.45) is 16.5 Å². The van der Waals surface area contributed by atoms with E-state index in [1.165, 1.54) is 0 Å². The van der Waals surface area contributed by atoms with E-state index in [1.807, 2.05) is 41.3 Å². The maximum absolute atomic E-state index is 13.2. The van der Waals surface area contributed by atoms with Crippen molar-refractivity contribution in [2.75, 3.05) is 13.1 Å². The summed E-state index contributed by atoms with van der Waals surface area (Å²) in [5, 5.41) is 5.16. The minimum atomic E-state index is -0.632. The van der Waals surface area contributed by atoms with Crippen LogP contribution in [-0.4, -0.2) is 45.4 Å². The average Bonchev–Trinajstić information content (AvgIpc) is 3.02. The van der Waals surface area contributed by atoms with Crippen molar-refractivity contribution in [1.29, 1.82) is 0 Å². The summed E-state index contributed by atoms with van der Waals surface area (Å²) < 4.78 is 1.05. The number of aliphatic imine (C=N–C) groups is 1. The molecule has 4 rings (SSSR count). The minimum Gasteiger partial charge on any atom is -0.387 e. The highest BCUT2D eigenvalue weighted by molar-refractivity contribution is 6.05. The Morgan fingerprint density at radius 2 is 1.75 bits per heavy atom. The fraction of sp³-hybridized carbons (Fsp3) is 0.296. The van der Waals surface area contributed by atoms with Gasteiger partial charge in [-0.2, -0.15) is 5.10 Å². The van der Waals surface area contributed by atoms with Crippen LogP contribution >= 0.6 is 0 Å². The van der Waals surface area contributed by atoms with Crippen molar-refractivity contribution in [3.05, 3.63) is 64.1 Å². The molecule has 3 aromatic rings. The Morgan fingerprint density at radius 1 is 1.06 bits per heavy atom. The second-order valence-corrected chi connectivity index (χ2v) is 8.89. The Hall–Kier alpha value is -4.27. The molecule has 9 heteroatoms. The van der Waals surface area contributed by atoms with Gasteiger partial charge in [0.25, 0.3) is 5.56 Å². The van der Waals surface area contributed by atoms with Gasteiger partial charge >= 0.3 is 0 Å². The number of amides is 2. The molecule has 0 atom stereocenters. The fourth-order valence-corrected chi connectivity index (χ4v) is 4.39. The molecule has 0 saturated heterocycles. The largest absolute Gasteiger partial charge is 0.387 e. The Morgan fingerprint density at radius 3 is 2.44 bits per heavy atom. The summed E-state index contributed by atoms with van der Waals surface area (Å²) in [4.78, 5) is 43.5. The van der Waals surface area contributed by atoms with E-state index in [-0.39, 0.29) is 18.0 Å². The third kappa shape index (κ3) is 5.19. The number of fused-ring (bicyclic) bond motifs is 2. The molecule has 1 aromatic heterocycles. The predicted molar refractivity (Wildman–Crippen MR) is 142 cm³/mol. The highest BCUT2D eigenvalue weighted by Gasteiger charge is 2.21. The number of nitrogens with zero attached hydrogens (tertiary/aromatic N) is 4. The molecule has 2 aromatic carbocycles. The summed E-state index contributed by atoms with van der Waals surface area (Å²) in [6.45, 7) is 5.26. The Balaban J connectivity index is 1.70. The first-order valence-electron chi connectivity index (χ1n) is 12.1. The first-order valence-corrected chi connectivity index (χ1v) is 12.1. The summed E-state index contributed by atoms with van der Waals surface area (Å²) in [6, 6.07) is 11.2. The number of hydrogen-bond acceptors (Lipinski definition) is 6. The Bertz CT molecular complexity index is 1450. The smallest absolute Gasteiger partial charge is 0.275 e. The van der Waals surface area contributed by atoms with E-state index in [4.69, 9.17) is 11.5 Å². The zero-order valence-corrected chi connectivity index (χ0v) is 20.5. The zero-order chi connectivity index (χ0) is 25.8. The number of carbonyl (C=O) groups excluding carboxylic acids is 2. The summed E-state index contributed by atoms with van der Waals surface area (Å²) in [7, 11) is 0. The van der Waals surface area contributed by atoms with Crippen molar-refractivity contribution >= 4 is 40.2 Å². The first-order chi connectivity index (χ1) is 17.3. The molecule has 0 fully saturated rings. The number of benzene rings is 2. The second-order valence-electron chi connectivity index (χ2n) is 8.89. The van der Waals surface area contributed by atoms with E-state index >= 15 is 0 Å². The molecule has 2 heterocycles. The SMILES string of the molecule is CCCN(CCC)C(=O)C1=Cc2ccc(-c3ccc4c(=O)n(CC(N)=O)ncc4c3)cc2N=C(N)C1. The summed E-state index contributed by atoms with van der Waals surface area (Å²) in [5.41, 5.74) is 14.9. The number of amidine groups is 1. The van der Waals surface area contributed by atoms with Crippen molar-refractivity contribution in [3.63, 3.8) is 0 Å². The van der Waals surface area contributed by atoms with Gasteiger partial charge in [0, 0.05) is 36.0 Å². The predicted octanol–water partition coefficient (Wildman–Crippen LogP) is 2.97. The normalized spacial score (nSPS) is 12.9. The van der Waals surface area contributed by atoms with E-state index in [9.17, 15) is 14.4 Å². The average molecular weight is 487 g/mol. The molecule has 0 radical (unpaired) electrons. The van der Waals surface area contributed by atoms with Crippen molar-refractivity contribution in [2.45, 2.75) is 39.7 Å². The van der Waals surface area contributed by atoms with E-state index < -0.39 is 5.91 Å². The van der Waals surface area contributed by atoms with Crippen molar-refractivity contribution in [3.8, 4) is 11.1 Å². The van der Waals surface area contributed by atoms with Gasteiger partial charge in [-0.25, -0.2) is 9.67 Å². The van der Waals surface area contributed by atoms with E-state index in [2.05, 4.69) is 23.9 Å². The van der Waals surface area contributed by atoms with Gasteiger partial charge in [-0.05, 0) is 48.2 Å². The van der Waals surface area contributed by atoms with Crippen LogP contribution in [-0.2, 0) is 16.1 Å². The maximum Gasteiger partial charge on any atom is 0.275 e. The van der Waals surface area contributed by atoms with Crippen LogP contribution in [0, 0.1) is 0 Å². The van der Waals surface area contributed by atoms with Crippen molar-refractivity contribution in [1.82, 2.24) is 14.7 Å². The monoisotopic (exact) mass is 486 g/mol. The highest BCUT2D eigenvalue weighted by atomic mass is 16.2. The van der Waals surface area contributed by atoms with Crippen LogP contribution in [0.1, 0.15) is 38.7 Å². The maximum atomic E-state index is 13.2. The number of nitrogens with two attached hydrogens (primary N) is 2. The Kier molecular flexibility index (Phi) is 7.28. The third-order valence-corrected chi connectivity index (χ3v) is 6.04. The second kappa shape index (κ2) is 10.6. The summed E-state index contributed by atoms with van der Waals surface area (Å²) >= 11 is 0. The van der Waals surface area contributed by atoms with E-state index in [0.717, 1.165) is 34.2 Å². The molecule has 186 valence electrons. The molecule has 0 unspecified atom stereocenters. The van der Waals surface area contributed by atoms with E-state index in [0.29, 0.717) is 47.4 Å². The topological polar surface area (TPSA) is 137 Å². The fourth-order valence-electron chi connectivity index (χ4n) is 4.39. The molecule has 1 aliphatic heterocycles. The minimum absolute atomic E-state index is 0.00204. The summed E-state index contributed by atoms with van der Waals surface area (Å²) in [6.07, 6.45) is 5.51. The van der Waals surface area contributed by atoms with Gasteiger partial charge in [-0.1, -0.05) is 32.0 Å². The van der Waals surface area contributed by atoms with Crippen LogP contribution in [0.4, 0.5) is 5.69 Å². The number of carbonyl (C=O) groups is 2. The van der Waals surface area contributed by atoms with Gasteiger partial charge in [0.05, 0.1) is 17.3 Å². The van der Waals surface area contributed by atoms with Crippen molar-refractivity contribution < 1.29 is 9.59 Å². The Labute approximate surface area is 209 Å². The quantitative estimate of drug-likeness (QED) is 0.504. The number of hydrogen-bond donors (Lipinski definition) is 2. The van der Waals surface area contributed by atoms with Crippen LogP contribution in [0.2, 0.25) is 0 Å². The first kappa shape index (κ1) is 24.8. The highest BCUT2D eigenvalue weighted by Crippen LogP contribution is 2.33. The lowest BCUT2D eigenvalue weighted by atomic mass is 9.99. The molecule has 9 nitrogen and oxygen atoms in total. The molecule has 0 spiro atoms. The summed E-state index contributed by atoms with van der Waals surface area (Å²) in [5.74, 6) is -0.248. The lowest BCUT2D eigenvalue weighted by Crippen LogP contribution is -2.34. The number of rotatable bonds is 8. The molecule has 36 heavy (non-hydrogen) atoms. The molecule has 1 aliphatic rings. The van der Waals surface area contributed by atoms with Gasteiger partial charge in [0.1, 0.15) is 12.4 Å². The lowest BCUT2D eigenvalue weighted by Gasteiger charge is -2.22. The molecular formula is C27H30N6O3. The van der Waals surface area contributed by atoms with Gasteiger partial charge in [-0.3, -0.25) is 14.4 Å². The van der Waals surface area contributed by atoms with Crippen LogP contribution in [0.3, 0.4) is 0 Å². The number of aromatic nitrogens is 2. The van der Waals surface area contributed by atoms with Gasteiger partial charge in [0.2, 0.25) is 11.8 Å². The zero-order valence-electron chi connectivity index (χ0n) is 20.5. The van der Waals surface area contributed by atoms with Crippen LogP contribution in [0.15, 0.2) is 58.0 Å². The third-order valence-electron chi connectivity index (χ3n) is 6.04. The van der Waals surface area contributed by atoms with Gasteiger partial charge in [-0.15, -0.1) is 0 Å². The van der Waals surface area contributed by atoms with Crippen LogP contribution in [0.5, 0.6) is 0 Å². The number of primary amides is 1. The van der Waals surface area contributed by atoms with Gasteiger partial charge < -0.3 is 16.4 Å². The molecule has 0 saturated carbocycles.